The van der Waals surface area contributed by atoms with Gasteiger partial charge in [-0.1, -0.05) is 12.1 Å². The van der Waals surface area contributed by atoms with E-state index in [-0.39, 0.29) is 17.2 Å². The van der Waals surface area contributed by atoms with Gasteiger partial charge in [0, 0.05) is 37.1 Å². The molecule has 194 valence electrons. The summed E-state index contributed by atoms with van der Waals surface area (Å²) in [6.07, 6.45) is -1.23. The first-order valence-electron chi connectivity index (χ1n) is 11.4. The smallest absolute Gasteiger partial charge is 0.422 e. The Balaban J connectivity index is 1.52. The highest BCUT2D eigenvalue weighted by molar-refractivity contribution is 5.94. The molecule has 0 saturated carbocycles. The molecule has 1 aliphatic rings. The van der Waals surface area contributed by atoms with Gasteiger partial charge in [-0.3, -0.25) is 9.69 Å². The number of nitriles is 2. The summed E-state index contributed by atoms with van der Waals surface area (Å²) in [6, 6.07) is 13.1. The predicted octanol–water partition coefficient (Wildman–Crippen LogP) is 3.89. The van der Waals surface area contributed by atoms with Gasteiger partial charge in [-0.05, 0) is 42.3 Å². The van der Waals surface area contributed by atoms with E-state index < -0.39 is 36.6 Å². The molecular weight excluding hydrogens is 504 g/mol. The number of likely N-dealkylation sites (tertiary alicyclic amines) is 1. The van der Waals surface area contributed by atoms with Crippen LogP contribution in [-0.2, 0) is 0 Å². The second-order valence-electron chi connectivity index (χ2n) is 8.60. The van der Waals surface area contributed by atoms with Gasteiger partial charge in [-0.25, -0.2) is 14.4 Å². The SMILES string of the molecule is N#Cc1ccc([C@H](c2cnc(OCC(F)(F)F)nc2)N2CCC(NC(=O)c3ccc(C#N)cc3F)C2)cc1. The van der Waals surface area contributed by atoms with Gasteiger partial charge in [0.15, 0.2) is 6.61 Å². The molecule has 2 heterocycles. The van der Waals surface area contributed by atoms with Crippen molar-refractivity contribution in [3.05, 3.63) is 88.5 Å². The molecule has 1 saturated heterocycles. The maximum absolute atomic E-state index is 14.3. The molecule has 1 unspecified atom stereocenters. The van der Waals surface area contributed by atoms with Gasteiger partial charge in [0.2, 0.25) is 0 Å². The Hall–Kier alpha value is -4.55. The summed E-state index contributed by atoms with van der Waals surface area (Å²) < 4.78 is 56.3. The largest absolute Gasteiger partial charge is 0.454 e. The quantitative estimate of drug-likeness (QED) is 0.467. The normalized spacial score (nSPS) is 16.3. The second-order valence-corrected chi connectivity index (χ2v) is 8.60. The lowest BCUT2D eigenvalue weighted by Gasteiger charge is -2.28. The van der Waals surface area contributed by atoms with E-state index in [0.29, 0.717) is 30.6 Å². The van der Waals surface area contributed by atoms with E-state index in [9.17, 15) is 22.4 Å². The minimum absolute atomic E-state index is 0.105. The molecule has 0 aliphatic carbocycles. The van der Waals surface area contributed by atoms with Crippen molar-refractivity contribution in [2.45, 2.75) is 24.7 Å². The average Bonchev–Trinajstić information content (AvgIpc) is 3.35. The number of ether oxygens (including phenoxy) is 1. The first-order chi connectivity index (χ1) is 18.2. The number of aromatic nitrogens is 2. The highest BCUT2D eigenvalue weighted by Crippen LogP contribution is 2.32. The lowest BCUT2D eigenvalue weighted by atomic mass is 9.98. The number of halogens is 4. The molecule has 0 bridgehead atoms. The molecule has 38 heavy (non-hydrogen) atoms. The Morgan fingerprint density at radius 2 is 1.74 bits per heavy atom. The maximum atomic E-state index is 14.3. The van der Waals surface area contributed by atoms with Gasteiger partial charge in [0.1, 0.15) is 5.82 Å². The Bertz CT molecular complexity index is 1380. The van der Waals surface area contributed by atoms with Crippen LogP contribution in [0.15, 0.2) is 54.9 Å². The van der Waals surface area contributed by atoms with Crippen LogP contribution in [0.4, 0.5) is 17.6 Å². The summed E-state index contributed by atoms with van der Waals surface area (Å²) in [4.78, 5) is 22.5. The van der Waals surface area contributed by atoms with Crippen LogP contribution in [0.2, 0.25) is 0 Å². The summed E-state index contributed by atoms with van der Waals surface area (Å²) in [6.45, 7) is -0.614. The topological polar surface area (TPSA) is 115 Å². The number of nitrogens with zero attached hydrogens (tertiary/aromatic N) is 5. The molecule has 3 aromatic rings. The number of hydrogen-bond acceptors (Lipinski definition) is 7. The first-order valence-corrected chi connectivity index (χ1v) is 11.4. The molecule has 1 aliphatic heterocycles. The van der Waals surface area contributed by atoms with Crippen LogP contribution in [0, 0.1) is 28.5 Å². The molecule has 12 heteroatoms. The monoisotopic (exact) mass is 524 g/mol. The molecule has 1 fully saturated rings. The van der Waals surface area contributed by atoms with Crippen LogP contribution in [0.5, 0.6) is 6.01 Å². The third-order valence-corrected chi connectivity index (χ3v) is 5.95. The van der Waals surface area contributed by atoms with Crippen molar-refractivity contribution < 1.29 is 27.1 Å². The number of hydrogen-bond donors (Lipinski definition) is 1. The van der Waals surface area contributed by atoms with Crippen molar-refractivity contribution in [3.8, 4) is 18.1 Å². The first kappa shape index (κ1) is 26.5. The Kier molecular flexibility index (Phi) is 7.84. The summed E-state index contributed by atoms with van der Waals surface area (Å²) in [7, 11) is 0. The van der Waals surface area contributed by atoms with Gasteiger partial charge in [-0.15, -0.1) is 0 Å². The summed E-state index contributed by atoms with van der Waals surface area (Å²) in [5.74, 6) is -1.40. The number of rotatable bonds is 7. The van der Waals surface area contributed by atoms with Gasteiger partial charge in [0.25, 0.3) is 5.91 Å². The molecular formula is C26H20F4N6O2. The van der Waals surface area contributed by atoms with Gasteiger partial charge in [-0.2, -0.15) is 23.7 Å². The molecule has 1 N–H and O–H groups in total. The van der Waals surface area contributed by atoms with Crippen molar-refractivity contribution in [1.82, 2.24) is 20.2 Å². The molecule has 2 atom stereocenters. The predicted molar refractivity (Wildman–Crippen MR) is 125 cm³/mol. The van der Waals surface area contributed by atoms with Gasteiger partial charge in [0.05, 0.1) is 34.9 Å². The van der Waals surface area contributed by atoms with Crippen molar-refractivity contribution in [1.29, 1.82) is 10.5 Å². The van der Waals surface area contributed by atoms with Crippen LogP contribution in [0.25, 0.3) is 0 Å². The number of alkyl halides is 3. The summed E-state index contributed by atoms with van der Waals surface area (Å²) in [5.41, 5.74) is 1.74. The van der Waals surface area contributed by atoms with E-state index in [4.69, 9.17) is 10.5 Å². The second kappa shape index (κ2) is 11.2. The van der Waals surface area contributed by atoms with E-state index in [1.165, 1.54) is 24.5 Å². The van der Waals surface area contributed by atoms with Crippen molar-refractivity contribution >= 4 is 5.91 Å². The Labute approximate surface area is 215 Å². The zero-order chi connectivity index (χ0) is 27.3. The maximum Gasteiger partial charge on any atom is 0.422 e. The third kappa shape index (κ3) is 6.41. The number of amides is 1. The summed E-state index contributed by atoms with van der Waals surface area (Å²) >= 11 is 0. The minimum Gasteiger partial charge on any atom is -0.454 e. The molecule has 4 rings (SSSR count). The molecule has 1 amide bonds. The average molecular weight is 524 g/mol. The van der Waals surface area contributed by atoms with Crippen LogP contribution in [0.3, 0.4) is 0 Å². The van der Waals surface area contributed by atoms with Crippen LogP contribution in [0.1, 0.15) is 45.1 Å². The highest BCUT2D eigenvalue weighted by atomic mass is 19.4. The van der Waals surface area contributed by atoms with E-state index >= 15 is 0 Å². The minimum atomic E-state index is -4.53. The molecule has 1 aromatic heterocycles. The highest BCUT2D eigenvalue weighted by Gasteiger charge is 2.33. The third-order valence-electron chi connectivity index (χ3n) is 5.95. The fourth-order valence-corrected chi connectivity index (χ4v) is 4.21. The number of nitrogens with one attached hydrogen (secondary N) is 1. The molecule has 8 nitrogen and oxygen atoms in total. The van der Waals surface area contributed by atoms with Gasteiger partial charge >= 0.3 is 12.2 Å². The van der Waals surface area contributed by atoms with Crippen molar-refractivity contribution in [3.63, 3.8) is 0 Å². The fraction of sp³-hybridized carbons (Fsp3) is 0.269. The molecule has 0 spiro atoms. The van der Waals surface area contributed by atoms with Gasteiger partial charge < -0.3 is 10.1 Å². The summed E-state index contributed by atoms with van der Waals surface area (Å²) in [5, 5.41) is 20.8. The molecule has 2 aromatic carbocycles. The van der Waals surface area contributed by atoms with Crippen LogP contribution in [-0.4, -0.2) is 52.7 Å². The van der Waals surface area contributed by atoms with Crippen molar-refractivity contribution in [2.75, 3.05) is 19.7 Å². The van der Waals surface area contributed by atoms with E-state index in [1.807, 2.05) is 17.0 Å². The van der Waals surface area contributed by atoms with E-state index in [2.05, 4.69) is 20.0 Å². The zero-order valence-electron chi connectivity index (χ0n) is 19.7. The standard InChI is InChI=1S/C26H20F4N6O2/c27-22-9-17(11-32)3-6-21(22)24(37)35-20-7-8-36(14-20)23(18-4-1-16(10-31)2-5-18)19-12-33-25(34-13-19)38-15-26(28,29)30/h1-6,9,12-13,20,23H,7-8,14-15H2,(H,35,37)/t20?,23-/m1/s1. The Morgan fingerprint density at radius 1 is 1.08 bits per heavy atom. The number of carbonyl (C=O) groups excluding carboxylic acids is 1. The Morgan fingerprint density at radius 3 is 2.34 bits per heavy atom. The van der Waals surface area contributed by atoms with E-state index in [1.54, 1.807) is 24.3 Å². The molecule has 0 radical (unpaired) electrons. The number of carbonyl (C=O) groups is 1. The van der Waals surface area contributed by atoms with Crippen molar-refractivity contribution in [2.24, 2.45) is 0 Å². The number of benzene rings is 2. The lowest BCUT2D eigenvalue weighted by molar-refractivity contribution is -0.154. The zero-order valence-corrected chi connectivity index (χ0v) is 19.7. The fourth-order valence-electron chi connectivity index (χ4n) is 4.21. The van der Waals surface area contributed by atoms with Crippen LogP contribution >= 0.6 is 0 Å². The lowest BCUT2D eigenvalue weighted by Crippen LogP contribution is -2.38. The van der Waals surface area contributed by atoms with E-state index in [0.717, 1.165) is 11.6 Å². The van der Waals surface area contributed by atoms with Crippen LogP contribution < -0.4 is 10.1 Å².